The zero-order valence-corrected chi connectivity index (χ0v) is 13.1. The Bertz CT molecular complexity index is 432. The SMILES string of the molecule is COc1cc(NC[C@H]2CC[C@H](N)CC2)cc(OC)c1OC. The van der Waals surface area contributed by atoms with Gasteiger partial charge in [0.15, 0.2) is 11.5 Å². The van der Waals surface area contributed by atoms with E-state index < -0.39 is 0 Å². The predicted octanol–water partition coefficient (Wildman–Crippen LogP) is 2.64. The molecule has 21 heavy (non-hydrogen) atoms. The second kappa shape index (κ2) is 7.41. The van der Waals surface area contributed by atoms with Gasteiger partial charge in [-0.15, -0.1) is 0 Å². The molecule has 1 fully saturated rings. The maximum Gasteiger partial charge on any atom is 0.203 e. The van der Waals surface area contributed by atoms with Gasteiger partial charge in [0.2, 0.25) is 5.75 Å². The molecule has 0 saturated heterocycles. The fourth-order valence-corrected chi connectivity index (χ4v) is 2.84. The normalized spacial score (nSPS) is 21.7. The van der Waals surface area contributed by atoms with Crippen LogP contribution in [0.4, 0.5) is 5.69 Å². The molecule has 118 valence electrons. The largest absolute Gasteiger partial charge is 0.493 e. The molecule has 0 unspecified atom stereocenters. The number of hydrogen-bond donors (Lipinski definition) is 2. The molecule has 0 heterocycles. The smallest absolute Gasteiger partial charge is 0.203 e. The highest BCUT2D eigenvalue weighted by molar-refractivity contribution is 5.62. The highest BCUT2D eigenvalue weighted by Crippen LogP contribution is 2.40. The lowest BCUT2D eigenvalue weighted by Gasteiger charge is -2.26. The molecule has 2 rings (SSSR count). The van der Waals surface area contributed by atoms with Crippen LogP contribution < -0.4 is 25.3 Å². The van der Waals surface area contributed by atoms with Crippen molar-refractivity contribution >= 4 is 5.69 Å². The summed E-state index contributed by atoms with van der Waals surface area (Å²) in [7, 11) is 4.87. The quantitative estimate of drug-likeness (QED) is 0.844. The molecule has 0 aliphatic heterocycles. The number of benzene rings is 1. The van der Waals surface area contributed by atoms with Gasteiger partial charge < -0.3 is 25.3 Å². The van der Waals surface area contributed by atoms with Gasteiger partial charge in [0.25, 0.3) is 0 Å². The van der Waals surface area contributed by atoms with Crippen molar-refractivity contribution in [3.63, 3.8) is 0 Å². The minimum atomic E-state index is 0.391. The van der Waals surface area contributed by atoms with Crippen molar-refractivity contribution in [3.8, 4) is 17.2 Å². The minimum absolute atomic E-state index is 0.391. The molecular weight excluding hydrogens is 268 g/mol. The van der Waals surface area contributed by atoms with Crippen LogP contribution in [-0.2, 0) is 0 Å². The Balaban J connectivity index is 2.02. The van der Waals surface area contributed by atoms with Crippen LogP contribution >= 0.6 is 0 Å². The Hall–Kier alpha value is -1.62. The summed E-state index contributed by atoms with van der Waals surface area (Å²) in [5.41, 5.74) is 6.93. The first-order chi connectivity index (χ1) is 10.2. The maximum atomic E-state index is 5.94. The Morgan fingerprint density at radius 2 is 1.57 bits per heavy atom. The van der Waals surface area contributed by atoms with Gasteiger partial charge in [-0.25, -0.2) is 0 Å². The minimum Gasteiger partial charge on any atom is -0.493 e. The van der Waals surface area contributed by atoms with Crippen LogP contribution in [0.25, 0.3) is 0 Å². The van der Waals surface area contributed by atoms with E-state index in [9.17, 15) is 0 Å². The van der Waals surface area contributed by atoms with Crippen molar-refractivity contribution in [3.05, 3.63) is 12.1 Å². The lowest BCUT2D eigenvalue weighted by atomic mass is 9.86. The van der Waals surface area contributed by atoms with Crippen LogP contribution in [0.15, 0.2) is 12.1 Å². The first kappa shape index (κ1) is 15.8. The number of anilines is 1. The molecule has 1 saturated carbocycles. The Morgan fingerprint density at radius 3 is 2.05 bits per heavy atom. The zero-order chi connectivity index (χ0) is 15.2. The molecular formula is C16H26N2O3. The summed E-state index contributed by atoms with van der Waals surface area (Å²) in [4.78, 5) is 0. The van der Waals surface area contributed by atoms with Crippen molar-refractivity contribution in [2.45, 2.75) is 31.7 Å². The van der Waals surface area contributed by atoms with Gasteiger partial charge in [0.1, 0.15) is 0 Å². The maximum absolute atomic E-state index is 5.94. The molecule has 5 nitrogen and oxygen atoms in total. The average Bonchev–Trinajstić information content (AvgIpc) is 2.53. The number of nitrogens with one attached hydrogen (secondary N) is 1. The standard InChI is InChI=1S/C16H26N2O3/c1-19-14-8-13(9-15(20-2)16(14)21-3)18-10-11-4-6-12(17)7-5-11/h8-9,11-12,18H,4-7,10,17H2,1-3H3/t11-,12-. The molecule has 0 atom stereocenters. The van der Waals surface area contributed by atoms with E-state index in [-0.39, 0.29) is 0 Å². The van der Waals surface area contributed by atoms with Crippen molar-refractivity contribution < 1.29 is 14.2 Å². The van der Waals surface area contributed by atoms with Crippen LogP contribution in [0, 0.1) is 5.92 Å². The van der Waals surface area contributed by atoms with E-state index in [4.69, 9.17) is 19.9 Å². The fraction of sp³-hybridized carbons (Fsp3) is 0.625. The molecule has 1 aromatic carbocycles. The van der Waals surface area contributed by atoms with Crippen molar-refractivity contribution in [2.75, 3.05) is 33.2 Å². The summed E-state index contributed by atoms with van der Waals surface area (Å²) in [6.07, 6.45) is 4.64. The van der Waals surface area contributed by atoms with Crippen LogP contribution in [0.2, 0.25) is 0 Å². The van der Waals surface area contributed by atoms with Crippen molar-refractivity contribution in [1.29, 1.82) is 0 Å². The van der Waals surface area contributed by atoms with E-state index in [0.29, 0.717) is 29.2 Å². The molecule has 1 aliphatic carbocycles. The summed E-state index contributed by atoms with van der Waals surface area (Å²) in [6.45, 7) is 0.950. The van der Waals surface area contributed by atoms with Crippen LogP contribution in [0.1, 0.15) is 25.7 Å². The van der Waals surface area contributed by atoms with E-state index in [0.717, 1.165) is 25.1 Å². The number of ether oxygens (including phenoxy) is 3. The van der Waals surface area contributed by atoms with Gasteiger partial charge in [-0.05, 0) is 31.6 Å². The van der Waals surface area contributed by atoms with Crippen molar-refractivity contribution in [2.24, 2.45) is 11.7 Å². The second-order valence-electron chi connectivity index (χ2n) is 5.58. The number of nitrogens with two attached hydrogens (primary N) is 1. The number of methoxy groups -OCH3 is 3. The summed E-state index contributed by atoms with van der Waals surface area (Å²) < 4.78 is 16.1. The zero-order valence-electron chi connectivity index (χ0n) is 13.1. The summed E-state index contributed by atoms with van der Waals surface area (Å²) in [6, 6.07) is 4.27. The van der Waals surface area contributed by atoms with Crippen molar-refractivity contribution in [1.82, 2.24) is 0 Å². The van der Waals surface area contributed by atoms with Gasteiger partial charge in [-0.3, -0.25) is 0 Å². The first-order valence-corrected chi connectivity index (χ1v) is 7.47. The van der Waals surface area contributed by atoms with Crippen LogP contribution in [0.3, 0.4) is 0 Å². The Labute approximate surface area is 126 Å². The highest BCUT2D eigenvalue weighted by Gasteiger charge is 2.19. The summed E-state index contributed by atoms with van der Waals surface area (Å²) >= 11 is 0. The van der Waals surface area contributed by atoms with Gasteiger partial charge in [0.05, 0.1) is 21.3 Å². The van der Waals surface area contributed by atoms with E-state index in [1.165, 1.54) is 12.8 Å². The average molecular weight is 294 g/mol. The lowest BCUT2D eigenvalue weighted by Crippen LogP contribution is -2.29. The molecule has 0 radical (unpaired) electrons. The van der Waals surface area contributed by atoms with Gasteiger partial charge in [-0.2, -0.15) is 0 Å². The third kappa shape index (κ3) is 3.94. The molecule has 5 heteroatoms. The topological polar surface area (TPSA) is 65.7 Å². The third-order valence-electron chi connectivity index (χ3n) is 4.15. The lowest BCUT2D eigenvalue weighted by molar-refractivity contribution is 0.324. The summed E-state index contributed by atoms with van der Waals surface area (Å²) in [5, 5.41) is 3.47. The molecule has 0 amide bonds. The van der Waals surface area contributed by atoms with Gasteiger partial charge in [-0.1, -0.05) is 0 Å². The highest BCUT2D eigenvalue weighted by atomic mass is 16.5. The summed E-state index contributed by atoms with van der Waals surface area (Å²) in [5.74, 6) is 2.65. The molecule has 3 N–H and O–H groups in total. The van der Waals surface area contributed by atoms with E-state index >= 15 is 0 Å². The molecule has 0 bridgehead atoms. The fourth-order valence-electron chi connectivity index (χ4n) is 2.84. The molecule has 1 aliphatic rings. The first-order valence-electron chi connectivity index (χ1n) is 7.47. The van der Waals surface area contributed by atoms with Gasteiger partial charge >= 0.3 is 0 Å². The Kier molecular flexibility index (Phi) is 5.56. The van der Waals surface area contributed by atoms with Gasteiger partial charge in [0, 0.05) is 30.4 Å². The van der Waals surface area contributed by atoms with Crippen LogP contribution in [0.5, 0.6) is 17.2 Å². The predicted molar refractivity (Wildman–Crippen MR) is 84.5 cm³/mol. The number of hydrogen-bond acceptors (Lipinski definition) is 5. The van der Waals surface area contributed by atoms with E-state index in [2.05, 4.69) is 5.32 Å². The van der Waals surface area contributed by atoms with E-state index in [1.807, 2.05) is 12.1 Å². The third-order valence-corrected chi connectivity index (χ3v) is 4.15. The molecule has 0 aromatic heterocycles. The monoisotopic (exact) mass is 294 g/mol. The number of rotatable bonds is 6. The second-order valence-corrected chi connectivity index (χ2v) is 5.58. The molecule has 1 aromatic rings. The Morgan fingerprint density at radius 1 is 1.00 bits per heavy atom. The van der Waals surface area contributed by atoms with E-state index in [1.54, 1.807) is 21.3 Å². The molecule has 0 spiro atoms. The van der Waals surface area contributed by atoms with Crippen LogP contribution in [-0.4, -0.2) is 33.9 Å².